The first-order valence-electron chi connectivity index (χ1n) is 7.00. The van der Waals surface area contributed by atoms with E-state index in [2.05, 4.69) is 44.6 Å². The number of imidazole rings is 1. The summed E-state index contributed by atoms with van der Waals surface area (Å²) in [5, 5.41) is 0. The summed E-state index contributed by atoms with van der Waals surface area (Å²) in [6.07, 6.45) is 10.5. The van der Waals surface area contributed by atoms with Gasteiger partial charge in [0.1, 0.15) is 4.60 Å². The zero-order valence-electron chi connectivity index (χ0n) is 11.6. The second kappa shape index (κ2) is 6.89. The maximum absolute atomic E-state index is 4.64. The summed E-state index contributed by atoms with van der Waals surface area (Å²) in [4.78, 5) is 11.4. The van der Waals surface area contributed by atoms with Crippen LogP contribution in [0.15, 0.2) is 23.2 Å². The Labute approximate surface area is 123 Å². The molecule has 0 saturated heterocycles. The second-order valence-corrected chi connectivity index (χ2v) is 5.55. The molecule has 19 heavy (non-hydrogen) atoms. The first kappa shape index (κ1) is 14.3. The van der Waals surface area contributed by atoms with E-state index in [1.807, 2.05) is 23.0 Å². The van der Waals surface area contributed by atoms with Gasteiger partial charge in [-0.05, 0) is 28.8 Å². The minimum atomic E-state index is 0.853. The van der Waals surface area contributed by atoms with Crippen LogP contribution < -0.4 is 4.90 Å². The standard InChI is InChI=1S/C14H21BrN4/c1-3-5-8-18(9-6-4-2)14-13-16-7-10-19(13)11-12(15)17-14/h7,10-11H,3-6,8-9H2,1-2H3. The van der Waals surface area contributed by atoms with Gasteiger partial charge in [0, 0.05) is 31.7 Å². The van der Waals surface area contributed by atoms with Crippen molar-refractivity contribution in [3.63, 3.8) is 0 Å². The van der Waals surface area contributed by atoms with Crippen molar-refractivity contribution in [3.05, 3.63) is 23.2 Å². The molecule has 2 aromatic heterocycles. The van der Waals surface area contributed by atoms with Crippen LogP contribution in [0.4, 0.5) is 5.82 Å². The molecule has 0 spiro atoms. The Morgan fingerprint density at radius 1 is 1.21 bits per heavy atom. The van der Waals surface area contributed by atoms with Gasteiger partial charge in [-0.3, -0.25) is 0 Å². The summed E-state index contributed by atoms with van der Waals surface area (Å²) in [5.41, 5.74) is 0.940. The van der Waals surface area contributed by atoms with Gasteiger partial charge in [-0.25, -0.2) is 9.97 Å². The molecule has 0 N–H and O–H groups in total. The number of rotatable bonds is 7. The third kappa shape index (κ3) is 3.47. The Bertz CT molecular complexity index is 515. The van der Waals surface area contributed by atoms with Crippen LogP contribution in [0.3, 0.4) is 0 Å². The zero-order valence-corrected chi connectivity index (χ0v) is 13.2. The largest absolute Gasteiger partial charge is 0.353 e. The van der Waals surface area contributed by atoms with E-state index in [-0.39, 0.29) is 0 Å². The number of hydrogen-bond donors (Lipinski definition) is 0. The second-order valence-electron chi connectivity index (χ2n) is 4.74. The number of anilines is 1. The van der Waals surface area contributed by atoms with Crippen LogP contribution in [0.1, 0.15) is 39.5 Å². The summed E-state index contributed by atoms with van der Waals surface area (Å²) in [7, 11) is 0. The monoisotopic (exact) mass is 324 g/mol. The fourth-order valence-corrected chi connectivity index (χ4v) is 2.51. The van der Waals surface area contributed by atoms with Crippen molar-refractivity contribution in [1.29, 1.82) is 0 Å². The molecule has 2 heterocycles. The third-order valence-corrected chi connectivity index (χ3v) is 3.57. The van der Waals surface area contributed by atoms with Gasteiger partial charge in [-0.2, -0.15) is 0 Å². The average Bonchev–Trinajstić information content (AvgIpc) is 2.86. The van der Waals surface area contributed by atoms with Crippen LogP contribution >= 0.6 is 15.9 Å². The van der Waals surface area contributed by atoms with E-state index in [9.17, 15) is 0 Å². The quantitative estimate of drug-likeness (QED) is 0.774. The highest BCUT2D eigenvalue weighted by Gasteiger charge is 2.13. The minimum Gasteiger partial charge on any atom is -0.353 e. The van der Waals surface area contributed by atoms with Crippen molar-refractivity contribution >= 4 is 27.4 Å². The molecule has 104 valence electrons. The van der Waals surface area contributed by atoms with Crippen molar-refractivity contribution in [2.24, 2.45) is 0 Å². The molecular formula is C14H21BrN4. The van der Waals surface area contributed by atoms with E-state index in [0.29, 0.717) is 0 Å². The number of hydrogen-bond acceptors (Lipinski definition) is 3. The van der Waals surface area contributed by atoms with Crippen LogP contribution in [0.2, 0.25) is 0 Å². The number of halogens is 1. The molecular weight excluding hydrogens is 304 g/mol. The van der Waals surface area contributed by atoms with Crippen molar-refractivity contribution in [1.82, 2.24) is 14.4 Å². The van der Waals surface area contributed by atoms with E-state index >= 15 is 0 Å². The van der Waals surface area contributed by atoms with Crippen molar-refractivity contribution < 1.29 is 0 Å². The summed E-state index contributed by atoms with van der Waals surface area (Å²) >= 11 is 3.49. The highest BCUT2D eigenvalue weighted by Crippen LogP contribution is 2.22. The molecule has 0 atom stereocenters. The predicted octanol–water partition coefficient (Wildman–Crippen LogP) is 3.90. The van der Waals surface area contributed by atoms with Gasteiger partial charge in [0.25, 0.3) is 0 Å². The van der Waals surface area contributed by atoms with E-state index in [0.717, 1.165) is 29.2 Å². The maximum Gasteiger partial charge on any atom is 0.180 e. The molecule has 0 aliphatic heterocycles. The van der Waals surface area contributed by atoms with Gasteiger partial charge in [0.15, 0.2) is 11.5 Å². The number of unbranched alkanes of at least 4 members (excludes halogenated alkanes) is 2. The SMILES string of the molecule is CCCCN(CCCC)c1nc(Br)cn2ccnc12. The summed E-state index contributed by atoms with van der Waals surface area (Å²) < 4.78 is 2.88. The highest BCUT2D eigenvalue weighted by atomic mass is 79.9. The normalized spacial score (nSPS) is 11.1. The molecule has 0 unspecified atom stereocenters. The Kier molecular flexibility index (Phi) is 5.19. The van der Waals surface area contributed by atoms with Gasteiger partial charge < -0.3 is 9.30 Å². The molecule has 0 radical (unpaired) electrons. The number of aromatic nitrogens is 3. The molecule has 2 rings (SSSR count). The van der Waals surface area contributed by atoms with Crippen LogP contribution in [-0.4, -0.2) is 27.5 Å². The van der Waals surface area contributed by atoms with Gasteiger partial charge in [0.05, 0.1) is 0 Å². The van der Waals surface area contributed by atoms with Gasteiger partial charge in [0.2, 0.25) is 0 Å². The molecule has 0 fully saturated rings. The van der Waals surface area contributed by atoms with Crippen molar-refractivity contribution in [3.8, 4) is 0 Å². The van der Waals surface area contributed by atoms with Crippen molar-refractivity contribution in [2.75, 3.05) is 18.0 Å². The lowest BCUT2D eigenvalue weighted by atomic mass is 10.2. The van der Waals surface area contributed by atoms with Crippen molar-refractivity contribution in [2.45, 2.75) is 39.5 Å². The molecule has 0 aliphatic carbocycles. The molecule has 0 aliphatic rings. The van der Waals surface area contributed by atoms with E-state index in [1.165, 1.54) is 25.7 Å². The summed E-state index contributed by atoms with van der Waals surface area (Å²) in [6.45, 7) is 6.53. The van der Waals surface area contributed by atoms with Gasteiger partial charge in [-0.15, -0.1) is 0 Å². The lowest BCUT2D eigenvalue weighted by Crippen LogP contribution is -2.27. The van der Waals surface area contributed by atoms with E-state index < -0.39 is 0 Å². The number of fused-ring (bicyclic) bond motifs is 1. The van der Waals surface area contributed by atoms with Crippen LogP contribution in [0.25, 0.3) is 5.65 Å². The first-order valence-corrected chi connectivity index (χ1v) is 7.79. The lowest BCUT2D eigenvalue weighted by molar-refractivity contribution is 0.670. The van der Waals surface area contributed by atoms with Gasteiger partial charge in [-0.1, -0.05) is 26.7 Å². The lowest BCUT2D eigenvalue weighted by Gasteiger charge is -2.24. The summed E-state index contributed by atoms with van der Waals surface area (Å²) in [5.74, 6) is 0.987. The Balaban J connectivity index is 2.33. The minimum absolute atomic E-state index is 0.853. The molecule has 0 amide bonds. The highest BCUT2D eigenvalue weighted by molar-refractivity contribution is 9.10. The topological polar surface area (TPSA) is 33.4 Å². The molecule has 2 aromatic rings. The molecule has 4 nitrogen and oxygen atoms in total. The number of nitrogens with zero attached hydrogens (tertiary/aromatic N) is 4. The fraction of sp³-hybridized carbons (Fsp3) is 0.571. The molecule has 0 aromatic carbocycles. The maximum atomic E-state index is 4.64. The van der Waals surface area contributed by atoms with Crippen LogP contribution in [0, 0.1) is 0 Å². The molecule has 0 bridgehead atoms. The third-order valence-electron chi connectivity index (χ3n) is 3.19. The first-order chi connectivity index (χ1) is 9.26. The average molecular weight is 325 g/mol. The Hall–Kier alpha value is -1.10. The Morgan fingerprint density at radius 3 is 2.53 bits per heavy atom. The molecule has 5 heteroatoms. The Morgan fingerprint density at radius 2 is 1.89 bits per heavy atom. The fourth-order valence-electron chi connectivity index (χ4n) is 2.12. The van der Waals surface area contributed by atoms with E-state index in [1.54, 1.807) is 0 Å². The predicted molar refractivity (Wildman–Crippen MR) is 82.7 cm³/mol. The van der Waals surface area contributed by atoms with Gasteiger partial charge >= 0.3 is 0 Å². The zero-order chi connectivity index (χ0) is 13.7. The van der Waals surface area contributed by atoms with Crippen LogP contribution in [0.5, 0.6) is 0 Å². The smallest absolute Gasteiger partial charge is 0.180 e. The molecule has 0 saturated carbocycles. The van der Waals surface area contributed by atoms with E-state index in [4.69, 9.17) is 0 Å². The summed E-state index contributed by atoms with van der Waals surface area (Å²) in [6, 6.07) is 0. The van der Waals surface area contributed by atoms with Crippen LogP contribution in [-0.2, 0) is 0 Å².